The molecular weight excluding hydrogens is 176 g/mol. The lowest BCUT2D eigenvalue weighted by Crippen LogP contribution is -1.99. The van der Waals surface area contributed by atoms with E-state index in [9.17, 15) is 4.21 Å². The maximum Gasteiger partial charge on any atom is 0.160 e. The molecule has 0 radical (unpaired) electrons. The summed E-state index contributed by atoms with van der Waals surface area (Å²) in [5.74, 6) is 0.162. The maximum absolute atomic E-state index is 10.6. The zero-order chi connectivity index (χ0) is 9.14. The van der Waals surface area contributed by atoms with Gasteiger partial charge in [0.25, 0.3) is 0 Å². The van der Waals surface area contributed by atoms with Gasteiger partial charge in [0, 0.05) is 0 Å². The molecule has 0 aliphatic heterocycles. The molecule has 2 unspecified atom stereocenters. The van der Waals surface area contributed by atoms with E-state index in [4.69, 9.17) is 9.66 Å². The number of rotatable bonds is 2. The first-order valence-corrected chi connectivity index (χ1v) is 4.67. The van der Waals surface area contributed by atoms with Crippen molar-refractivity contribution in [1.29, 1.82) is 0 Å². The minimum Gasteiger partial charge on any atom is -0.508 e. The van der Waals surface area contributed by atoms with E-state index in [1.54, 1.807) is 19.1 Å². The van der Waals surface area contributed by atoms with E-state index in [0.717, 1.165) is 5.56 Å². The summed E-state index contributed by atoms with van der Waals surface area (Å²) in [6.45, 7) is 1.66. The van der Waals surface area contributed by atoms with Crippen molar-refractivity contribution in [3.63, 3.8) is 0 Å². The number of hydrogen-bond donors (Lipinski definition) is 2. The highest BCUT2D eigenvalue weighted by molar-refractivity contribution is 7.79. The fraction of sp³-hybridized carbons (Fsp3) is 0.250. The van der Waals surface area contributed by atoms with Crippen LogP contribution in [0, 0.1) is 0 Å². The fourth-order valence-electron chi connectivity index (χ4n) is 0.862. The molecule has 12 heavy (non-hydrogen) atoms. The summed E-state index contributed by atoms with van der Waals surface area (Å²) >= 11 is -1.85. The summed E-state index contributed by atoms with van der Waals surface area (Å²) in [6, 6.07) is 6.26. The van der Waals surface area contributed by atoms with E-state index >= 15 is 0 Å². The Morgan fingerprint density at radius 2 is 1.83 bits per heavy atom. The topological polar surface area (TPSA) is 57.5 Å². The van der Waals surface area contributed by atoms with Crippen LogP contribution in [0.4, 0.5) is 0 Å². The molecular formula is C8H10O3S. The highest BCUT2D eigenvalue weighted by Crippen LogP contribution is 2.20. The molecule has 4 heteroatoms. The highest BCUT2D eigenvalue weighted by Gasteiger charge is 2.10. The van der Waals surface area contributed by atoms with Gasteiger partial charge in [0.1, 0.15) is 5.75 Å². The molecule has 0 amide bonds. The summed E-state index contributed by atoms with van der Waals surface area (Å²) in [6.07, 6.45) is 0. The van der Waals surface area contributed by atoms with Gasteiger partial charge in [-0.2, -0.15) is 0 Å². The van der Waals surface area contributed by atoms with E-state index in [2.05, 4.69) is 0 Å². The van der Waals surface area contributed by atoms with Crippen LogP contribution in [0.3, 0.4) is 0 Å². The minimum atomic E-state index is -1.85. The average molecular weight is 186 g/mol. The molecule has 1 rings (SSSR count). The minimum absolute atomic E-state index is 0.162. The Morgan fingerprint density at radius 1 is 1.33 bits per heavy atom. The SMILES string of the molecule is CC(c1ccc(O)cc1)S(=O)O. The monoisotopic (exact) mass is 186 g/mol. The fourth-order valence-corrected chi connectivity index (χ4v) is 1.25. The molecule has 1 aromatic carbocycles. The van der Waals surface area contributed by atoms with Crippen molar-refractivity contribution in [2.24, 2.45) is 0 Å². The zero-order valence-corrected chi connectivity index (χ0v) is 7.41. The lowest BCUT2D eigenvalue weighted by atomic mass is 10.2. The third-order valence-electron chi connectivity index (χ3n) is 1.66. The van der Waals surface area contributed by atoms with Crippen LogP contribution in [0.2, 0.25) is 0 Å². The van der Waals surface area contributed by atoms with E-state index in [0.29, 0.717) is 0 Å². The maximum atomic E-state index is 10.6. The Morgan fingerprint density at radius 3 is 2.25 bits per heavy atom. The van der Waals surface area contributed by atoms with Crippen LogP contribution in [-0.2, 0) is 11.1 Å². The summed E-state index contributed by atoms with van der Waals surface area (Å²) in [5, 5.41) is 8.53. The molecule has 0 bridgehead atoms. The molecule has 0 saturated carbocycles. The summed E-state index contributed by atoms with van der Waals surface area (Å²) < 4.78 is 19.4. The van der Waals surface area contributed by atoms with Crippen molar-refractivity contribution in [1.82, 2.24) is 0 Å². The molecule has 0 heterocycles. The Kier molecular flexibility index (Phi) is 2.83. The summed E-state index contributed by atoms with van der Waals surface area (Å²) in [7, 11) is 0. The molecule has 3 nitrogen and oxygen atoms in total. The van der Waals surface area contributed by atoms with E-state index in [1.165, 1.54) is 12.1 Å². The van der Waals surface area contributed by atoms with E-state index in [1.807, 2.05) is 0 Å². The predicted octanol–water partition coefficient (Wildman–Crippen LogP) is 1.67. The van der Waals surface area contributed by atoms with Gasteiger partial charge in [0.2, 0.25) is 0 Å². The van der Waals surface area contributed by atoms with Crippen molar-refractivity contribution in [2.75, 3.05) is 0 Å². The lowest BCUT2D eigenvalue weighted by molar-refractivity contribution is 0.475. The van der Waals surface area contributed by atoms with Crippen LogP contribution in [0.15, 0.2) is 24.3 Å². The Balaban J connectivity index is 2.89. The first-order chi connectivity index (χ1) is 5.61. The normalized spacial score (nSPS) is 15.5. The molecule has 0 fully saturated rings. The molecule has 2 N–H and O–H groups in total. The number of benzene rings is 1. The van der Waals surface area contributed by atoms with Gasteiger partial charge in [-0.3, -0.25) is 0 Å². The number of phenolic OH excluding ortho intramolecular Hbond substituents is 1. The standard InChI is InChI=1S/C8H10O3S/c1-6(12(10)11)7-2-4-8(9)5-3-7/h2-6,9H,1H3,(H,10,11). The van der Waals surface area contributed by atoms with Crippen molar-refractivity contribution < 1.29 is 13.9 Å². The molecule has 1 aromatic rings. The molecule has 0 aliphatic rings. The molecule has 66 valence electrons. The Bertz CT molecular complexity index is 281. The van der Waals surface area contributed by atoms with Crippen molar-refractivity contribution in [3.05, 3.63) is 29.8 Å². The number of phenols is 1. The summed E-state index contributed by atoms with van der Waals surface area (Å²) in [5.41, 5.74) is 0.744. The third-order valence-corrected chi connectivity index (χ3v) is 2.54. The van der Waals surface area contributed by atoms with Gasteiger partial charge in [0.05, 0.1) is 5.25 Å². The number of aromatic hydroxyl groups is 1. The van der Waals surface area contributed by atoms with Gasteiger partial charge in [-0.25, -0.2) is 4.21 Å². The van der Waals surface area contributed by atoms with Crippen LogP contribution in [0.1, 0.15) is 17.7 Å². The average Bonchev–Trinajstić information content (AvgIpc) is 2.04. The Hall–Kier alpha value is -0.870. The molecule has 2 atom stereocenters. The van der Waals surface area contributed by atoms with Crippen LogP contribution < -0.4 is 0 Å². The van der Waals surface area contributed by atoms with E-state index in [-0.39, 0.29) is 5.75 Å². The second kappa shape index (κ2) is 3.69. The van der Waals surface area contributed by atoms with Gasteiger partial charge in [0.15, 0.2) is 11.1 Å². The lowest BCUT2D eigenvalue weighted by Gasteiger charge is -2.06. The van der Waals surface area contributed by atoms with Crippen LogP contribution >= 0.6 is 0 Å². The van der Waals surface area contributed by atoms with Gasteiger partial charge in [-0.1, -0.05) is 12.1 Å². The van der Waals surface area contributed by atoms with Crippen LogP contribution in [0.25, 0.3) is 0 Å². The van der Waals surface area contributed by atoms with Crippen molar-refractivity contribution in [3.8, 4) is 5.75 Å². The van der Waals surface area contributed by atoms with E-state index < -0.39 is 16.3 Å². The van der Waals surface area contributed by atoms with Crippen LogP contribution in [0.5, 0.6) is 5.75 Å². The van der Waals surface area contributed by atoms with Gasteiger partial charge in [-0.15, -0.1) is 0 Å². The second-order valence-electron chi connectivity index (χ2n) is 2.51. The largest absolute Gasteiger partial charge is 0.508 e. The first kappa shape index (κ1) is 9.22. The predicted molar refractivity (Wildman–Crippen MR) is 47.3 cm³/mol. The van der Waals surface area contributed by atoms with Gasteiger partial charge in [-0.05, 0) is 24.6 Å². The molecule has 0 aromatic heterocycles. The van der Waals surface area contributed by atoms with Crippen molar-refractivity contribution in [2.45, 2.75) is 12.2 Å². The molecule has 0 saturated heterocycles. The second-order valence-corrected chi connectivity index (χ2v) is 3.77. The quantitative estimate of drug-likeness (QED) is 0.691. The van der Waals surface area contributed by atoms with Crippen LogP contribution in [-0.4, -0.2) is 13.9 Å². The molecule has 0 spiro atoms. The van der Waals surface area contributed by atoms with Gasteiger partial charge < -0.3 is 9.66 Å². The zero-order valence-electron chi connectivity index (χ0n) is 6.60. The molecule has 0 aliphatic carbocycles. The van der Waals surface area contributed by atoms with Crippen molar-refractivity contribution >= 4 is 11.1 Å². The smallest absolute Gasteiger partial charge is 0.160 e. The van der Waals surface area contributed by atoms with Gasteiger partial charge >= 0.3 is 0 Å². The Labute approximate surface area is 73.3 Å². The third kappa shape index (κ3) is 2.06. The summed E-state index contributed by atoms with van der Waals surface area (Å²) in [4.78, 5) is 0. The highest BCUT2D eigenvalue weighted by atomic mass is 32.2. The first-order valence-electron chi connectivity index (χ1n) is 3.50. The number of hydrogen-bond acceptors (Lipinski definition) is 2.